The number of aromatic nitrogens is 4. The number of hydrogen-bond donors (Lipinski definition) is 1. The number of aromatic amines is 1. The van der Waals surface area contributed by atoms with Crippen molar-refractivity contribution >= 4 is 0 Å². The SMILES string of the molecule is O=[N+]([O-])[n+]1cnn[nH]1.[I+]. The van der Waals surface area contributed by atoms with Gasteiger partial charge in [0.15, 0.2) is 0 Å². The van der Waals surface area contributed by atoms with Crippen LogP contribution in [0.1, 0.15) is 0 Å². The van der Waals surface area contributed by atoms with Gasteiger partial charge >= 0.3 is 30.3 Å². The zero-order valence-electron chi connectivity index (χ0n) is 4.06. The van der Waals surface area contributed by atoms with E-state index < -0.39 is 5.03 Å². The first-order chi connectivity index (χ1) is 3.80. The lowest BCUT2D eigenvalue weighted by molar-refractivity contribution is -1.22. The molecule has 0 aliphatic heterocycles. The Kier molecular flexibility index (Phi) is 2.98. The van der Waals surface area contributed by atoms with Crippen LogP contribution in [0.2, 0.25) is 0 Å². The van der Waals surface area contributed by atoms with Gasteiger partial charge in [0.25, 0.3) is 5.21 Å². The number of halogens is 1. The Balaban J connectivity index is 0.000000640. The molecule has 1 heterocycles. The molecule has 9 heavy (non-hydrogen) atoms. The van der Waals surface area contributed by atoms with Crippen molar-refractivity contribution in [3.05, 3.63) is 16.4 Å². The summed E-state index contributed by atoms with van der Waals surface area (Å²) in [5.74, 6) is 0. The second-order valence-electron chi connectivity index (χ2n) is 1.01. The van der Waals surface area contributed by atoms with E-state index in [1.807, 2.05) is 5.21 Å². The van der Waals surface area contributed by atoms with E-state index in [0.717, 1.165) is 6.33 Å². The molecule has 0 spiro atoms. The smallest absolute Gasteiger partial charge is 0.327 e. The van der Waals surface area contributed by atoms with Crippen LogP contribution in [-0.2, 0) is 0 Å². The molecule has 0 saturated carbocycles. The number of rotatable bonds is 1. The molecule has 1 aromatic heterocycles. The Labute approximate surface area is 66.2 Å². The topological polar surface area (TPSA) is 88.6 Å². The van der Waals surface area contributed by atoms with E-state index in [0.29, 0.717) is 4.79 Å². The first kappa shape index (κ1) is 8.20. The van der Waals surface area contributed by atoms with Crippen LogP contribution >= 0.6 is 0 Å². The van der Waals surface area contributed by atoms with Crippen LogP contribution in [0.3, 0.4) is 0 Å². The zero-order valence-corrected chi connectivity index (χ0v) is 6.22. The summed E-state index contributed by atoms with van der Waals surface area (Å²) in [6.07, 6.45) is 0.958. The molecule has 1 N–H and O–H groups in total. The molecule has 48 valence electrons. The molecule has 7 nitrogen and oxygen atoms in total. The molecule has 0 amide bonds. The average molecular weight is 243 g/mol. The summed E-state index contributed by atoms with van der Waals surface area (Å²) in [4.78, 5) is 10.3. The van der Waals surface area contributed by atoms with Gasteiger partial charge in [0.05, 0.1) is 5.21 Å². The van der Waals surface area contributed by atoms with Crippen molar-refractivity contribution in [1.29, 1.82) is 0 Å². The first-order valence-corrected chi connectivity index (χ1v) is 1.73. The van der Waals surface area contributed by atoms with E-state index in [-0.39, 0.29) is 24.0 Å². The predicted molar refractivity (Wildman–Crippen MR) is 19.0 cm³/mol. The number of hydrogen-bond acceptors (Lipinski definition) is 4. The summed E-state index contributed by atoms with van der Waals surface area (Å²) < 4.78 is 0. The van der Waals surface area contributed by atoms with Gasteiger partial charge in [-0.15, -0.1) is 0 Å². The third kappa shape index (κ3) is 1.87. The largest absolute Gasteiger partial charge is 1.00 e. The summed E-state index contributed by atoms with van der Waals surface area (Å²) in [6, 6.07) is 0. The van der Waals surface area contributed by atoms with Crippen molar-refractivity contribution in [2.45, 2.75) is 0 Å². The molecule has 0 fully saturated rings. The van der Waals surface area contributed by atoms with Crippen LogP contribution in [0, 0.1) is 10.1 Å². The minimum absolute atomic E-state index is 0. The van der Waals surface area contributed by atoms with Crippen LogP contribution < -0.4 is 28.8 Å². The third-order valence-corrected chi connectivity index (χ3v) is 0.542. The minimum Gasteiger partial charge on any atom is -0.327 e. The van der Waals surface area contributed by atoms with Crippen molar-refractivity contribution in [2.24, 2.45) is 0 Å². The molecule has 0 aliphatic rings. The molecule has 0 saturated heterocycles. The maximum Gasteiger partial charge on any atom is 1.00 e. The van der Waals surface area contributed by atoms with Crippen LogP contribution in [-0.4, -0.2) is 20.6 Å². The van der Waals surface area contributed by atoms with Gasteiger partial charge in [-0.2, -0.15) is 0 Å². The molecule has 0 aliphatic carbocycles. The van der Waals surface area contributed by atoms with Gasteiger partial charge in [0.1, 0.15) is 14.9 Å². The Morgan fingerprint density at radius 1 is 1.78 bits per heavy atom. The maximum atomic E-state index is 9.72. The average Bonchev–Trinajstić information content (AvgIpc) is 2.12. The molecule has 0 aromatic carbocycles. The minimum atomic E-state index is -0.681. The van der Waals surface area contributed by atoms with E-state index in [1.165, 1.54) is 0 Å². The highest BCUT2D eigenvalue weighted by molar-refractivity contribution is 4.09. The van der Waals surface area contributed by atoms with Crippen molar-refractivity contribution in [3.63, 3.8) is 0 Å². The number of nitrogens with zero attached hydrogens (tertiary/aromatic N) is 4. The zero-order chi connectivity index (χ0) is 5.98. The monoisotopic (exact) mass is 243 g/mol. The fourth-order valence-corrected chi connectivity index (χ4v) is 0.251. The molecule has 1 aromatic rings. The highest BCUT2D eigenvalue weighted by Gasteiger charge is 2.05. The number of nitro groups is 1. The summed E-state index contributed by atoms with van der Waals surface area (Å²) in [5, 5.41) is 17.3. The van der Waals surface area contributed by atoms with Crippen LogP contribution in [0.5, 0.6) is 0 Å². The van der Waals surface area contributed by atoms with Gasteiger partial charge in [0, 0.05) is 0 Å². The lowest BCUT2D eigenvalue weighted by Crippen LogP contribution is -3.00. The third-order valence-electron chi connectivity index (χ3n) is 0.542. The van der Waals surface area contributed by atoms with Crippen LogP contribution in [0.15, 0.2) is 6.33 Å². The Hall–Kier alpha value is -0.800. The summed E-state index contributed by atoms with van der Waals surface area (Å²) in [7, 11) is 0. The second kappa shape index (κ2) is 3.27. The quantitative estimate of drug-likeness (QED) is 0.232. The van der Waals surface area contributed by atoms with E-state index in [2.05, 4.69) is 10.3 Å². The van der Waals surface area contributed by atoms with Crippen LogP contribution in [0.4, 0.5) is 0 Å². The highest BCUT2D eigenvalue weighted by atomic mass is 127. The van der Waals surface area contributed by atoms with E-state index in [9.17, 15) is 10.1 Å². The van der Waals surface area contributed by atoms with Crippen molar-refractivity contribution in [2.75, 3.05) is 0 Å². The molecule has 0 unspecified atom stereocenters. The maximum absolute atomic E-state index is 9.72. The van der Waals surface area contributed by atoms with Gasteiger partial charge in [0.2, 0.25) is 0 Å². The van der Waals surface area contributed by atoms with Crippen molar-refractivity contribution in [3.8, 4) is 0 Å². The predicted octanol–water partition coefficient (Wildman–Crippen LogP) is -4.86. The fourth-order valence-electron chi connectivity index (χ4n) is 0.251. The van der Waals surface area contributed by atoms with E-state index in [4.69, 9.17) is 0 Å². The highest BCUT2D eigenvalue weighted by Crippen LogP contribution is 1.52. The molecular weight excluding hydrogens is 241 g/mol. The van der Waals surface area contributed by atoms with Gasteiger partial charge < -0.3 is 10.1 Å². The normalized spacial score (nSPS) is 8.00. The van der Waals surface area contributed by atoms with E-state index >= 15 is 0 Å². The standard InChI is InChI=1S/CHN5O2.I/c7-6(8)5-1-2-3-4-5;/h1H;/q;+1/p+1. The Morgan fingerprint density at radius 3 is 2.67 bits per heavy atom. The Bertz CT molecular complexity index is 183. The van der Waals surface area contributed by atoms with Gasteiger partial charge in [-0.1, -0.05) is 0 Å². The summed E-state index contributed by atoms with van der Waals surface area (Å²) >= 11 is 0. The summed E-state index contributed by atoms with van der Waals surface area (Å²) in [6.45, 7) is 0. The second-order valence-corrected chi connectivity index (χ2v) is 1.01. The molecule has 8 heteroatoms. The molecule has 2 radical (unpaired) electrons. The van der Waals surface area contributed by atoms with Crippen LogP contribution in [0.25, 0.3) is 0 Å². The molecule has 1 rings (SSSR count). The van der Waals surface area contributed by atoms with Crippen molar-refractivity contribution in [1.82, 2.24) is 15.5 Å². The lowest BCUT2D eigenvalue weighted by atomic mass is 11.4. The number of H-pyrrole nitrogens is 1. The first-order valence-electron chi connectivity index (χ1n) is 1.73. The van der Waals surface area contributed by atoms with Crippen molar-refractivity contribution < 1.29 is 33.8 Å². The lowest BCUT2D eigenvalue weighted by Gasteiger charge is -1.78. The fraction of sp³-hybridized carbons (Fsp3) is 0. The number of nitrogens with one attached hydrogen (secondary N) is 1. The molecule has 0 bridgehead atoms. The molecule has 0 atom stereocenters. The number of tetrazole rings is 1. The van der Waals surface area contributed by atoms with Gasteiger partial charge in [-0.05, 0) is 0 Å². The van der Waals surface area contributed by atoms with Gasteiger partial charge in [-0.25, -0.2) is 0 Å². The Morgan fingerprint density at radius 2 is 2.44 bits per heavy atom. The van der Waals surface area contributed by atoms with Gasteiger partial charge in [-0.3, -0.25) is 0 Å². The molecular formula is CH2IN5O2+2. The van der Waals surface area contributed by atoms with E-state index in [1.54, 1.807) is 0 Å². The summed E-state index contributed by atoms with van der Waals surface area (Å²) in [5.41, 5.74) is 0.